The molecule has 1 N–H and O–H groups in total. The van der Waals surface area contributed by atoms with E-state index in [-0.39, 0.29) is 0 Å². The number of aryl methyl sites for hydroxylation is 4. The number of carboxylic acids is 1. The molecule has 0 unspecified atom stereocenters. The predicted octanol–water partition coefficient (Wildman–Crippen LogP) is 5.58. The van der Waals surface area contributed by atoms with Crippen LogP contribution in [-0.4, -0.2) is 20.6 Å². The molecule has 3 aromatic carbocycles. The van der Waals surface area contributed by atoms with E-state index < -0.39 is 5.97 Å². The molecular formula is C27H24N2O2. The molecule has 5 rings (SSSR count). The van der Waals surface area contributed by atoms with E-state index in [4.69, 9.17) is 0 Å². The van der Waals surface area contributed by atoms with Gasteiger partial charge in [-0.3, -0.25) is 0 Å². The Morgan fingerprint density at radius 3 is 2.55 bits per heavy atom. The van der Waals surface area contributed by atoms with Gasteiger partial charge in [0.05, 0.1) is 22.9 Å². The standard InChI is InChI=1S/C27H24N2O2/c1-17-13-25-26(14-18(17)2)29(16-28-25)12-11-23-22-6-4-3-5-19(22)7-8-20-9-10-21(27(30)31)15-24(20)23/h3-6,9-11,13-16H,7-8,12H2,1-2H3,(H,30,31). The van der Waals surface area contributed by atoms with Gasteiger partial charge >= 0.3 is 5.97 Å². The molecule has 1 heterocycles. The van der Waals surface area contributed by atoms with Crippen LogP contribution < -0.4 is 0 Å². The molecule has 0 spiro atoms. The normalized spacial score (nSPS) is 14.3. The van der Waals surface area contributed by atoms with Crippen molar-refractivity contribution in [3.05, 3.63) is 106 Å². The number of carboxylic acid groups (broad SMARTS) is 1. The van der Waals surface area contributed by atoms with Gasteiger partial charge < -0.3 is 9.67 Å². The lowest BCUT2D eigenvalue weighted by Crippen LogP contribution is -2.01. The summed E-state index contributed by atoms with van der Waals surface area (Å²) >= 11 is 0. The number of rotatable bonds is 3. The second-order valence-electron chi connectivity index (χ2n) is 8.27. The lowest BCUT2D eigenvalue weighted by atomic mass is 9.92. The Kier molecular flexibility index (Phi) is 4.70. The molecule has 4 aromatic rings. The molecule has 31 heavy (non-hydrogen) atoms. The number of hydrogen-bond donors (Lipinski definition) is 1. The molecule has 0 fully saturated rings. The van der Waals surface area contributed by atoms with E-state index in [0.717, 1.165) is 35.0 Å². The predicted molar refractivity (Wildman–Crippen MR) is 124 cm³/mol. The fraction of sp³-hybridized carbons (Fsp3) is 0.185. The molecule has 1 aliphatic carbocycles. The van der Waals surface area contributed by atoms with Crippen molar-refractivity contribution in [3.8, 4) is 0 Å². The molecule has 0 aliphatic heterocycles. The minimum atomic E-state index is -0.897. The highest BCUT2D eigenvalue weighted by atomic mass is 16.4. The number of fused-ring (bicyclic) bond motifs is 3. The Labute approximate surface area is 181 Å². The van der Waals surface area contributed by atoms with Gasteiger partial charge in [-0.05, 0) is 89.9 Å². The monoisotopic (exact) mass is 408 g/mol. The van der Waals surface area contributed by atoms with E-state index in [2.05, 4.69) is 65.9 Å². The zero-order valence-corrected chi connectivity index (χ0v) is 17.7. The minimum Gasteiger partial charge on any atom is -0.478 e. The van der Waals surface area contributed by atoms with Crippen molar-refractivity contribution in [1.29, 1.82) is 0 Å². The van der Waals surface area contributed by atoms with Crippen LogP contribution in [0.1, 0.15) is 43.7 Å². The third kappa shape index (κ3) is 3.44. The van der Waals surface area contributed by atoms with Crippen molar-refractivity contribution in [2.75, 3.05) is 0 Å². The highest BCUT2D eigenvalue weighted by Crippen LogP contribution is 2.34. The third-order valence-corrected chi connectivity index (χ3v) is 6.35. The summed E-state index contributed by atoms with van der Waals surface area (Å²) in [6.45, 7) is 4.89. The van der Waals surface area contributed by atoms with Gasteiger partial charge in [-0.15, -0.1) is 0 Å². The summed E-state index contributed by atoms with van der Waals surface area (Å²) in [7, 11) is 0. The van der Waals surface area contributed by atoms with Crippen molar-refractivity contribution in [2.45, 2.75) is 33.2 Å². The lowest BCUT2D eigenvalue weighted by Gasteiger charge is -2.13. The van der Waals surface area contributed by atoms with Crippen LogP contribution in [0.4, 0.5) is 0 Å². The maximum absolute atomic E-state index is 11.6. The fourth-order valence-corrected chi connectivity index (χ4v) is 4.46. The first kappa shape index (κ1) is 19.3. The van der Waals surface area contributed by atoms with Crippen LogP contribution in [-0.2, 0) is 19.4 Å². The number of aromatic carboxylic acids is 1. The molecule has 1 aliphatic rings. The van der Waals surface area contributed by atoms with Crippen molar-refractivity contribution in [2.24, 2.45) is 0 Å². The molecule has 0 amide bonds. The average molecular weight is 409 g/mol. The minimum absolute atomic E-state index is 0.322. The van der Waals surface area contributed by atoms with Gasteiger partial charge in [-0.2, -0.15) is 0 Å². The molecule has 0 radical (unpaired) electrons. The molecule has 0 saturated carbocycles. The first-order valence-corrected chi connectivity index (χ1v) is 10.6. The van der Waals surface area contributed by atoms with Crippen LogP contribution in [0.2, 0.25) is 0 Å². The van der Waals surface area contributed by atoms with Gasteiger partial charge in [0.15, 0.2) is 0 Å². The fourth-order valence-electron chi connectivity index (χ4n) is 4.46. The molecule has 154 valence electrons. The summed E-state index contributed by atoms with van der Waals surface area (Å²) < 4.78 is 2.16. The molecule has 1 aromatic heterocycles. The van der Waals surface area contributed by atoms with E-state index in [9.17, 15) is 9.90 Å². The van der Waals surface area contributed by atoms with Gasteiger partial charge in [0.25, 0.3) is 0 Å². The van der Waals surface area contributed by atoms with Gasteiger partial charge in [0.2, 0.25) is 0 Å². The average Bonchev–Trinajstić information content (AvgIpc) is 3.07. The first-order chi connectivity index (χ1) is 15.0. The van der Waals surface area contributed by atoms with Crippen LogP contribution in [0.5, 0.6) is 0 Å². The summed E-state index contributed by atoms with van der Waals surface area (Å²) in [5, 5.41) is 9.55. The van der Waals surface area contributed by atoms with Gasteiger partial charge in [0, 0.05) is 6.54 Å². The van der Waals surface area contributed by atoms with Gasteiger partial charge in [-0.1, -0.05) is 36.4 Å². The largest absolute Gasteiger partial charge is 0.478 e. The number of imidazole rings is 1. The summed E-state index contributed by atoms with van der Waals surface area (Å²) in [6.07, 6.45) is 5.94. The maximum atomic E-state index is 11.6. The Morgan fingerprint density at radius 2 is 1.74 bits per heavy atom. The summed E-state index contributed by atoms with van der Waals surface area (Å²) in [6, 6.07) is 18.3. The maximum Gasteiger partial charge on any atom is 0.335 e. The third-order valence-electron chi connectivity index (χ3n) is 6.35. The van der Waals surface area contributed by atoms with Gasteiger partial charge in [0.1, 0.15) is 0 Å². The zero-order chi connectivity index (χ0) is 21.5. The molecular weight excluding hydrogens is 384 g/mol. The Hall–Kier alpha value is -3.66. The van der Waals surface area contributed by atoms with Crippen LogP contribution in [0, 0.1) is 13.8 Å². The zero-order valence-electron chi connectivity index (χ0n) is 17.7. The van der Waals surface area contributed by atoms with Crippen LogP contribution in [0.25, 0.3) is 16.6 Å². The quantitative estimate of drug-likeness (QED) is 0.481. The number of nitrogens with zero attached hydrogens (tertiary/aromatic N) is 2. The second-order valence-corrected chi connectivity index (χ2v) is 8.27. The van der Waals surface area contributed by atoms with Crippen LogP contribution in [0.3, 0.4) is 0 Å². The van der Waals surface area contributed by atoms with Gasteiger partial charge in [-0.25, -0.2) is 9.78 Å². The Morgan fingerprint density at radius 1 is 1.00 bits per heavy atom. The topological polar surface area (TPSA) is 55.1 Å². The summed E-state index contributed by atoms with van der Waals surface area (Å²) in [4.78, 5) is 16.2. The highest BCUT2D eigenvalue weighted by Gasteiger charge is 2.19. The smallest absolute Gasteiger partial charge is 0.335 e. The van der Waals surface area contributed by atoms with E-state index in [0.29, 0.717) is 12.1 Å². The van der Waals surface area contributed by atoms with Crippen molar-refractivity contribution >= 4 is 22.6 Å². The Bertz CT molecular complexity index is 1360. The number of aromatic nitrogens is 2. The van der Waals surface area contributed by atoms with E-state index in [1.54, 1.807) is 6.07 Å². The highest BCUT2D eigenvalue weighted by molar-refractivity contribution is 5.92. The van der Waals surface area contributed by atoms with Crippen LogP contribution in [0.15, 0.2) is 67.0 Å². The molecule has 0 bridgehead atoms. The van der Waals surface area contributed by atoms with Crippen molar-refractivity contribution < 1.29 is 9.90 Å². The molecule has 0 saturated heterocycles. The summed E-state index contributed by atoms with van der Waals surface area (Å²) in [5.74, 6) is -0.897. The van der Waals surface area contributed by atoms with Crippen LogP contribution >= 0.6 is 0 Å². The molecule has 4 heteroatoms. The lowest BCUT2D eigenvalue weighted by molar-refractivity contribution is 0.0697. The summed E-state index contributed by atoms with van der Waals surface area (Å²) in [5.41, 5.74) is 10.7. The van der Waals surface area contributed by atoms with Crippen molar-refractivity contribution in [3.63, 3.8) is 0 Å². The van der Waals surface area contributed by atoms with Crippen molar-refractivity contribution in [1.82, 2.24) is 9.55 Å². The number of benzene rings is 3. The molecule has 4 nitrogen and oxygen atoms in total. The van der Waals surface area contributed by atoms with E-state index in [1.165, 1.54) is 27.8 Å². The SMILES string of the molecule is Cc1cc2ncn(CC=C3c4ccccc4CCc4ccc(C(=O)O)cc43)c2cc1C. The second kappa shape index (κ2) is 7.55. The number of carbonyl (C=O) groups is 1. The molecule has 0 atom stereocenters. The van der Waals surface area contributed by atoms with E-state index >= 15 is 0 Å². The Balaban J connectivity index is 1.66. The first-order valence-electron chi connectivity index (χ1n) is 10.6. The van der Waals surface area contributed by atoms with E-state index in [1.807, 2.05) is 18.5 Å². The number of hydrogen-bond acceptors (Lipinski definition) is 2. The number of allylic oxidation sites excluding steroid dienone is 1.